The molecule has 0 aromatic carbocycles. The van der Waals surface area contributed by atoms with E-state index >= 15 is 0 Å². The normalized spacial score (nSPS) is 19.7. The van der Waals surface area contributed by atoms with E-state index in [9.17, 15) is 9.59 Å². The first kappa shape index (κ1) is 13.0. The number of carbonyl (C=O) groups is 2. The van der Waals surface area contributed by atoms with E-state index in [0.29, 0.717) is 6.54 Å². The largest absolute Gasteiger partial charge is 0.368 e. The molecule has 1 rings (SSSR count). The second-order valence-electron chi connectivity index (χ2n) is 4.23. The molecule has 1 aliphatic rings. The Morgan fingerprint density at radius 1 is 1.50 bits per heavy atom. The first-order valence-corrected chi connectivity index (χ1v) is 5.95. The summed E-state index contributed by atoms with van der Waals surface area (Å²) in [5.41, 5.74) is 5.15. The van der Waals surface area contributed by atoms with Crippen LogP contribution >= 0.6 is 0 Å². The zero-order chi connectivity index (χ0) is 12.0. The number of hydrogen-bond acceptors (Lipinski definition) is 3. The van der Waals surface area contributed by atoms with Crippen molar-refractivity contribution < 1.29 is 9.59 Å². The SMILES string of the molecule is CCCCN(CC(N)=O)C(=O)[C@H]1CCCN1. The summed E-state index contributed by atoms with van der Waals surface area (Å²) < 4.78 is 0. The molecule has 5 nitrogen and oxygen atoms in total. The summed E-state index contributed by atoms with van der Waals surface area (Å²) in [6.45, 7) is 3.60. The maximum absolute atomic E-state index is 12.0. The van der Waals surface area contributed by atoms with Crippen molar-refractivity contribution in [1.29, 1.82) is 0 Å². The first-order chi connectivity index (χ1) is 7.65. The van der Waals surface area contributed by atoms with Crippen LogP contribution in [0, 0.1) is 0 Å². The van der Waals surface area contributed by atoms with Gasteiger partial charge >= 0.3 is 0 Å². The molecule has 0 aromatic rings. The predicted molar refractivity (Wildman–Crippen MR) is 61.7 cm³/mol. The minimum absolute atomic E-state index is 0.0183. The monoisotopic (exact) mass is 227 g/mol. The highest BCUT2D eigenvalue weighted by Crippen LogP contribution is 2.09. The molecule has 1 fully saturated rings. The van der Waals surface area contributed by atoms with Gasteiger partial charge in [-0.25, -0.2) is 0 Å². The molecule has 1 heterocycles. The van der Waals surface area contributed by atoms with Gasteiger partial charge in [0.25, 0.3) is 0 Å². The Balaban J connectivity index is 2.51. The molecule has 2 amide bonds. The molecule has 0 unspecified atom stereocenters. The topological polar surface area (TPSA) is 75.4 Å². The third kappa shape index (κ3) is 3.81. The Labute approximate surface area is 96.4 Å². The van der Waals surface area contributed by atoms with E-state index < -0.39 is 5.91 Å². The average molecular weight is 227 g/mol. The second-order valence-corrected chi connectivity index (χ2v) is 4.23. The van der Waals surface area contributed by atoms with Crippen LogP contribution < -0.4 is 11.1 Å². The van der Waals surface area contributed by atoms with Gasteiger partial charge in [0, 0.05) is 6.54 Å². The van der Waals surface area contributed by atoms with Crippen molar-refractivity contribution in [2.45, 2.75) is 38.6 Å². The van der Waals surface area contributed by atoms with Gasteiger partial charge in [-0.3, -0.25) is 9.59 Å². The minimum Gasteiger partial charge on any atom is -0.368 e. The lowest BCUT2D eigenvalue weighted by atomic mass is 10.2. The fourth-order valence-corrected chi connectivity index (χ4v) is 1.92. The highest BCUT2D eigenvalue weighted by molar-refractivity contribution is 5.87. The van der Waals surface area contributed by atoms with Crippen LogP contribution in [-0.2, 0) is 9.59 Å². The molecule has 1 aliphatic heterocycles. The molecule has 0 spiro atoms. The number of amides is 2. The molecule has 0 bridgehead atoms. The summed E-state index contributed by atoms with van der Waals surface area (Å²) in [7, 11) is 0. The quantitative estimate of drug-likeness (QED) is 0.662. The summed E-state index contributed by atoms with van der Waals surface area (Å²) in [5, 5.41) is 3.14. The Bertz CT molecular complexity index is 250. The van der Waals surface area contributed by atoms with Crippen molar-refractivity contribution in [2.75, 3.05) is 19.6 Å². The number of nitrogens with one attached hydrogen (secondary N) is 1. The van der Waals surface area contributed by atoms with Gasteiger partial charge in [-0.05, 0) is 25.8 Å². The van der Waals surface area contributed by atoms with Crippen LogP contribution in [0.3, 0.4) is 0 Å². The van der Waals surface area contributed by atoms with Gasteiger partial charge < -0.3 is 16.0 Å². The van der Waals surface area contributed by atoms with Crippen molar-refractivity contribution >= 4 is 11.8 Å². The van der Waals surface area contributed by atoms with E-state index in [4.69, 9.17) is 5.73 Å². The van der Waals surface area contributed by atoms with Crippen molar-refractivity contribution in [3.63, 3.8) is 0 Å². The van der Waals surface area contributed by atoms with Crippen molar-refractivity contribution in [2.24, 2.45) is 5.73 Å². The molecule has 1 atom stereocenters. The first-order valence-electron chi connectivity index (χ1n) is 5.95. The average Bonchev–Trinajstić information content (AvgIpc) is 2.76. The van der Waals surface area contributed by atoms with Crippen LogP contribution in [0.5, 0.6) is 0 Å². The molecule has 0 radical (unpaired) electrons. The summed E-state index contributed by atoms with van der Waals surface area (Å²) in [4.78, 5) is 24.5. The van der Waals surface area contributed by atoms with Crippen LogP contribution in [0.1, 0.15) is 32.6 Å². The van der Waals surface area contributed by atoms with Crippen molar-refractivity contribution in [3.05, 3.63) is 0 Å². The summed E-state index contributed by atoms with van der Waals surface area (Å²) in [5.74, 6) is -0.424. The molecule has 92 valence electrons. The summed E-state index contributed by atoms with van der Waals surface area (Å²) in [6, 6.07) is -0.115. The number of nitrogens with two attached hydrogens (primary N) is 1. The van der Waals surface area contributed by atoms with Crippen molar-refractivity contribution in [1.82, 2.24) is 10.2 Å². The van der Waals surface area contributed by atoms with Crippen molar-refractivity contribution in [3.8, 4) is 0 Å². The van der Waals surface area contributed by atoms with Gasteiger partial charge in [-0.15, -0.1) is 0 Å². The lowest BCUT2D eigenvalue weighted by molar-refractivity contribution is -0.136. The Hall–Kier alpha value is -1.10. The number of rotatable bonds is 6. The molecule has 1 saturated heterocycles. The maximum Gasteiger partial charge on any atom is 0.240 e. The molecule has 5 heteroatoms. The maximum atomic E-state index is 12.0. The third-order valence-electron chi connectivity index (χ3n) is 2.80. The molecule has 3 N–H and O–H groups in total. The Morgan fingerprint density at radius 3 is 2.75 bits per heavy atom. The highest BCUT2D eigenvalue weighted by Gasteiger charge is 2.27. The number of unbranched alkanes of at least 4 members (excludes halogenated alkanes) is 1. The van der Waals surface area contributed by atoms with Gasteiger partial charge in [0.1, 0.15) is 0 Å². The molecule has 0 saturated carbocycles. The van der Waals surface area contributed by atoms with Gasteiger partial charge in [-0.1, -0.05) is 13.3 Å². The van der Waals surface area contributed by atoms with Gasteiger partial charge in [0.15, 0.2) is 0 Å². The van der Waals surface area contributed by atoms with E-state index in [2.05, 4.69) is 12.2 Å². The summed E-state index contributed by atoms with van der Waals surface area (Å²) in [6.07, 6.45) is 3.79. The molecule has 0 aliphatic carbocycles. The minimum atomic E-state index is -0.442. The lowest BCUT2D eigenvalue weighted by Gasteiger charge is -2.24. The number of primary amides is 1. The summed E-state index contributed by atoms with van der Waals surface area (Å²) >= 11 is 0. The number of carbonyl (C=O) groups excluding carboxylic acids is 2. The fourth-order valence-electron chi connectivity index (χ4n) is 1.92. The van der Waals surface area contributed by atoms with Gasteiger partial charge in [0.2, 0.25) is 11.8 Å². The predicted octanol–water partition coefficient (Wildman–Crippen LogP) is -0.148. The van der Waals surface area contributed by atoms with E-state index in [0.717, 1.165) is 32.2 Å². The van der Waals surface area contributed by atoms with E-state index in [1.807, 2.05) is 0 Å². The molecular weight excluding hydrogens is 206 g/mol. The van der Waals surface area contributed by atoms with Crippen LogP contribution in [0.25, 0.3) is 0 Å². The highest BCUT2D eigenvalue weighted by atomic mass is 16.2. The van der Waals surface area contributed by atoms with Crippen LogP contribution in [0.15, 0.2) is 0 Å². The molecular formula is C11H21N3O2. The number of nitrogens with zero attached hydrogens (tertiary/aromatic N) is 1. The second kappa shape index (κ2) is 6.48. The van der Waals surface area contributed by atoms with E-state index in [1.165, 1.54) is 0 Å². The van der Waals surface area contributed by atoms with Crippen LogP contribution in [0.2, 0.25) is 0 Å². The lowest BCUT2D eigenvalue weighted by Crippen LogP contribution is -2.47. The van der Waals surface area contributed by atoms with Gasteiger partial charge in [0.05, 0.1) is 12.6 Å². The van der Waals surface area contributed by atoms with Crippen LogP contribution in [-0.4, -0.2) is 42.4 Å². The smallest absolute Gasteiger partial charge is 0.240 e. The number of hydrogen-bond donors (Lipinski definition) is 2. The third-order valence-corrected chi connectivity index (χ3v) is 2.80. The molecule has 0 aromatic heterocycles. The van der Waals surface area contributed by atoms with E-state index in [1.54, 1.807) is 4.90 Å². The Kier molecular flexibility index (Phi) is 5.25. The molecule has 16 heavy (non-hydrogen) atoms. The van der Waals surface area contributed by atoms with E-state index in [-0.39, 0.29) is 18.5 Å². The fraction of sp³-hybridized carbons (Fsp3) is 0.818. The standard InChI is InChI=1S/C11H21N3O2/c1-2-3-7-14(8-10(12)15)11(16)9-5-4-6-13-9/h9,13H,2-8H2,1H3,(H2,12,15)/t9-/m1/s1. The Morgan fingerprint density at radius 2 is 2.25 bits per heavy atom. The zero-order valence-electron chi connectivity index (χ0n) is 9.87. The zero-order valence-corrected chi connectivity index (χ0v) is 9.87. The van der Waals surface area contributed by atoms with Crippen LogP contribution in [0.4, 0.5) is 0 Å². The van der Waals surface area contributed by atoms with Gasteiger partial charge in [-0.2, -0.15) is 0 Å².